The van der Waals surface area contributed by atoms with Crippen LogP contribution in [0.25, 0.3) is 0 Å². The normalized spacial score (nSPS) is 17.2. The van der Waals surface area contributed by atoms with E-state index in [0.717, 1.165) is 0 Å². The Hall–Kier alpha value is -0.455. The molecule has 0 bridgehead atoms. The van der Waals surface area contributed by atoms with E-state index in [1.165, 1.54) is 0 Å². The summed E-state index contributed by atoms with van der Waals surface area (Å²) in [6.45, 7) is 2.85. The number of hydrogen-bond acceptors (Lipinski definition) is 0. The smallest absolute Gasteiger partial charge is 0.111 e. The molecule has 1 aliphatic rings. The Morgan fingerprint density at radius 2 is 1.67 bits per heavy atom. The highest BCUT2D eigenvalue weighted by atomic mass is 13.7. The molecule has 1 heteroatoms. The lowest BCUT2D eigenvalue weighted by molar-refractivity contribution is 2.15. The minimum Gasteiger partial charge on any atom is -0.111 e. The molecular formula is C5H7B. The van der Waals surface area contributed by atoms with Crippen LogP contribution >= 0.6 is 0 Å². The van der Waals surface area contributed by atoms with Gasteiger partial charge in [0.1, 0.15) is 0 Å². The van der Waals surface area contributed by atoms with Gasteiger partial charge in [-0.1, -0.05) is 19.0 Å². The van der Waals surface area contributed by atoms with Gasteiger partial charge in [-0.2, -0.15) is 0 Å². The first-order chi connectivity index (χ1) is 2.89. The van der Waals surface area contributed by atoms with Gasteiger partial charge >= 0.3 is 0 Å². The van der Waals surface area contributed by atoms with Crippen molar-refractivity contribution in [3.63, 3.8) is 0 Å². The Kier molecular flexibility index (Phi) is 0.828. The van der Waals surface area contributed by atoms with E-state index in [4.69, 9.17) is 0 Å². The molecule has 0 aliphatic carbocycles. The third kappa shape index (κ3) is 0.536. The van der Waals surface area contributed by atoms with Crippen LogP contribution in [-0.4, -0.2) is 6.71 Å². The predicted molar refractivity (Wildman–Crippen MR) is 29.9 cm³/mol. The fourth-order valence-corrected chi connectivity index (χ4v) is 0.543. The summed E-state index contributed by atoms with van der Waals surface area (Å²) in [6.07, 6.45) is 4.15. The van der Waals surface area contributed by atoms with E-state index >= 15 is 0 Å². The molecule has 30 valence electrons. The van der Waals surface area contributed by atoms with Crippen LogP contribution in [0.4, 0.5) is 0 Å². The zero-order valence-corrected chi connectivity index (χ0v) is 3.89. The standard InChI is InChI=1S/C5H7B/c1-6-4-2-3-5-6/h2-5H,1H3. The zero-order valence-electron chi connectivity index (χ0n) is 3.89. The van der Waals surface area contributed by atoms with Gasteiger partial charge in [0, 0.05) is 0 Å². The van der Waals surface area contributed by atoms with Crippen molar-refractivity contribution in [2.24, 2.45) is 0 Å². The molecule has 0 aromatic heterocycles. The molecule has 6 heavy (non-hydrogen) atoms. The summed E-state index contributed by atoms with van der Waals surface area (Å²) in [4.78, 5) is 0. The Bertz CT molecular complexity index is 80.1. The van der Waals surface area contributed by atoms with Crippen LogP contribution in [0.3, 0.4) is 0 Å². The van der Waals surface area contributed by atoms with Crippen molar-refractivity contribution < 1.29 is 0 Å². The van der Waals surface area contributed by atoms with Gasteiger partial charge in [0.2, 0.25) is 0 Å². The average molecular weight is 77.9 g/mol. The highest BCUT2D eigenvalue weighted by molar-refractivity contribution is 6.69. The van der Waals surface area contributed by atoms with Gasteiger partial charge in [0.15, 0.2) is 6.71 Å². The lowest BCUT2D eigenvalue weighted by atomic mass is 9.55. The maximum atomic E-state index is 2.17. The average Bonchev–Trinajstić information content (AvgIpc) is 1.86. The molecule has 0 spiro atoms. The van der Waals surface area contributed by atoms with Crippen LogP contribution in [0.1, 0.15) is 0 Å². The predicted octanol–water partition coefficient (Wildman–Crippen LogP) is 1.32. The van der Waals surface area contributed by atoms with Gasteiger partial charge < -0.3 is 0 Å². The summed E-state index contributed by atoms with van der Waals surface area (Å²) >= 11 is 0. The van der Waals surface area contributed by atoms with Crippen molar-refractivity contribution in [2.75, 3.05) is 0 Å². The first-order valence-corrected chi connectivity index (χ1v) is 2.24. The fraction of sp³-hybridized carbons (Fsp3) is 0.200. The summed E-state index contributed by atoms with van der Waals surface area (Å²) < 4.78 is 0. The number of hydrogen-bond donors (Lipinski definition) is 0. The van der Waals surface area contributed by atoms with Crippen molar-refractivity contribution in [1.29, 1.82) is 0 Å². The summed E-state index contributed by atoms with van der Waals surface area (Å²) in [5.41, 5.74) is 0. The van der Waals surface area contributed by atoms with Crippen LogP contribution in [0.5, 0.6) is 0 Å². The Balaban J connectivity index is 2.60. The van der Waals surface area contributed by atoms with E-state index in [1.54, 1.807) is 0 Å². The first-order valence-electron chi connectivity index (χ1n) is 2.24. The fourth-order valence-electron chi connectivity index (χ4n) is 0.543. The lowest BCUT2D eigenvalue weighted by Gasteiger charge is -1.76. The van der Waals surface area contributed by atoms with E-state index in [1.807, 2.05) is 0 Å². The molecule has 0 aromatic carbocycles. The van der Waals surface area contributed by atoms with Crippen molar-refractivity contribution >= 4 is 6.71 Å². The SMILES string of the molecule is CB1C=CC=C1. The van der Waals surface area contributed by atoms with Crippen LogP contribution < -0.4 is 0 Å². The van der Waals surface area contributed by atoms with Crippen molar-refractivity contribution in [3.05, 3.63) is 24.1 Å². The monoisotopic (exact) mass is 78.1 g/mol. The van der Waals surface area contributed by atoms with Crippen LogP contribution in [0.15, 0.2) is 24.1 Å². The third-order valence-electron chi connectivity index (χ3n) is 0.940. The maximum absolute atomic E-state index is 2.17. The summed E-state index contributed by atoms with van der Waals surface area (Å²) in [6, 6.07) is 0. The topological polar surface area (TPSA) is 0 Å². The molecule has 0 amide bonds. The summed E-state index contributed by atoms with van der Waals surface area (Å²) in [5.74, 6) is 4.33. The lowest BCUT2D eigenvalue weighted by Crippen LogP contribution is -1.91. The Morgan fingerprint density at radius 3 is 1.83 bits per heavy atom. The molecule has 0 saturated carbocycles. The second-order valence-corrected chi connectivity index (χ2v) is 1.63. The molecule has 0 fully saturated rings. The molecule has 0 aromatic rings. The molecular weight excluding hydrogens is 70.9 g/mol. The van der Waals surface area contributed by atoms with E-state index in [-0.39, 0.29) is 0 Å². The first kappa shape index (κ1) is 3.73. The van der Waals surface area contributed by atoms with E-state index in [0.29, 0.717) is 6.71 Å². The molecule has 0 nitrogen and oxygen atoms in total. The van der Waals surface area contributed by atoms with Crippen molar-refractivity contribution in [1.82, 2.24) is 0 Å². The van der Waals surface area contributed by atoms with Gasteiger partial charge in [-0.25, -0.2) is 0 Å². The van der Waals surface area contributed by atoms with Crippen molar-refractivity contribution in [2.45, 2.75) is 6.82 Å². The highest BCUT2D eigenvalue weighted by Crippen LogP contribution is 1.94. The molecule has 0 unspecified atom stereocenters. The minimum atomic E-state index is 0.685. The van der Waals surface area contributed by atoms with Crippen LogP contribution in [0.2, 0.25) is 6.82 Å². The quantitative estimate of drug-likeness (QED) is 0.383. The summed E-state index contributed by atoms with van der Waals surface area (Å²) in [7, 11) is 0. The highest BCUT2D eigenvalue weighted by Gasteiger charge is 1.95. The molecule has 0 radical (unpaired) electrons. The van der Waals surface area contributed by atoms with Gasteiger partial charge in [-0.3, -0.25) is 0 Å². The molecule has 1 aliphatic heterocycles. The number of rotatable bonds is 0. The Morgan fingerprint density at radius 1 is 1.17 bits per heavy atom. The van der Waals surface area contributed by atoms with Gasteiger partial charge in [-0.05, 0) is 0 Å². The Labute approximate surface area is 38.6 Å². The molecule has 1 heterocycles. The van der Waals surface area contributed by atoms with E-state index in [9.17, 15) is 0 Å². The third-order valence-corrected chi connectivity index (χ3v) is 0.940. The van der Waals surface area contributed by atoms with Crippen LogP contribution in [0, 0.1) is 0 Å². The second-order valence-electron chi connectivity index (χ2n) is 1.63. The van der Waals surface area contributed by atoms with Gasteiger partial charge in [0.25, 0.3) is 0 Å². The molecule has 0 N–H and O–H groups in total. The maximum Gasteiger partial charge on any atom is 0.188 e. The molecule has 0 saturated heterocycles. The molecule has 1 rings (SSSR count). The van der Waals surface area contributed by atoms with E-state index in [2.05, 4.69) is 30.9 Å². The van der Waals surface area contributed by atoms with E-state index < -0.39 is 0 Å². The largest absolute Gasteiger partial charge is 0.188 e. The van der Waals surface area contributed by atoms with Crippen LogP contribution in [-0.2, 0) is 0 Å². The minimum absolute atomic E-state index is 0.685. The molecule has 0 atom stereocenters. The second kappa shape index (κ2) is 1.33. The zero-order chi connectivity index (χ0) is 4.41. The summed E-state index contributed by atoms with van der Waals surface area (Å²) in [5, 5.41) is 0. The van der Waals surface area contributed by atoms with Crippen molar-refractivity contribution in [3.8, 4) is 0 Å². The number of allylic oxidation sites excluding steroid dienone is 2. The van der Waals surface area contributed by atoms with Gasteiger partial charge in [0.05, 0.1) is 0 Å². The van der Waals surface area contributed by atoms with Gasteiger partial charge in [-0.15, -0.1) is 12.0 Å².